The smallest absolute Gasteiger partial charge is 0.251 e. The Morgan fingerprint density at radius 1 is 1.06 bits per heavy atom. The Labute approximate surface area is 201 Å². The number of methoxy groups -OCH3 is 1. The molecule has 1 heterocycles. The molecule has 2 fully saturated rings. The number of likely N-dealkylation sites (tertiary alicyclic amines) is 1. The molecule has 1 saturated heterocycles. The lowest BCUT2D eigenvalue weighted by atomic mass is 9.83. The molecule has 1 saturated carbocycles. The minimum absolute atomic E-state index is 0.00750. The van der Waals surface area contributed by atoms with Crippen LogP contribution in [0.3, 0.4) is 0 Å². The summed E-state index contributed by atoms with van der Waals surface area (Å²) in [4.78, 5) is 28.0. The van der Waals surface area contributed by atoms with Crippen LogP contribution in [0.2, 0.25) is 0 Å². The van der Waals surface area contributed by atoms with E-state index in [2.05, 4.69) is 5.32 Å². The molecule has 2 aromatic rings. The summed E-state index contributed by atoms with van der Waals surface area (Å²) >= 11 is 0. The second kappa shape index (κ2) is 10.3. The number of benzene rings is 2. The zero-order valence-electron chi connectivity index (χ0n) is 19.6. The molecule has 1 N–H and O–H groups in total. The van der Waals surface area contributed by atoms with E-state index in [1.54, 1.807) is 18.1 Å². The third kappa shape index (κ3) is 5.67. The van der Waals surface area contributed by atoms with Crippen molar-refractivity contribution in [1.29, 1.82) is 0 Å². The van der Waals surface area contributed by atoms with Gasteiger partial charge in [0.1, 0.15) is 15.9 Å². The number of nitrogens with zero attached hydrogens (tertiary/aromatic N) is 1. The molecule has 2 aliphatic rings. The number of sulfone groups is 1. The van der Waals surface area contributed by atoms with Crippen LogP contribution >= 0.6 is 0 Å². The zero-order chi connectivity index (χ0) is 24.3. The standard InChI is InChI=1S/C26H32N2O5S/c1-33-22-11-12-24(21(16-22)17-34(2,31)32)28-14-13-23(26(28)30)27-25(29)20-10-6-9-19(15-20)18-7-4-3-5-8-18/h3-10,15,21-24H,11-14,16-17H2,1-2H3,(H,27,29)/t21-,22+,23-,24-/m0/s1. The number of amides is 2. The van der Waals surface area contributed by atoms with Crippen molar-refractivity contribution in [2.45, 2.75) is 43.9 Å². The van der Waals surface area contributed by atoms with Gasteiger partial charge < -0.3 is 15.0 Å². The lowest BCUT2D eigenvalue weighted by molar-refractivity contribution is -0.133. The molecule has 0 radical (unpaired) electrons. The van der Waals surface area contributed by atoms with Gasteiger partial charge in [-0.3, -0.25) is 9.59 Å². The fraction of sp³-hybridized carbons (Fsp3) is 0.462. The van der Waals surface area contributed by atoms with Crippen molar-refractivity contribution in [2.24, 2.45) is 5.92 Å². The maximum atomic E-state index is 13.3. The van der Waals surface area contributed by atoms with Crippen LogP contribution < -0.4 is 5.32 Å². The van der Waals surface area contributed by atoms with E-state index in [1.807, 2.05) is 48.5 Å². The summed E-state index contributed by atoms with van der Waals surface area (Å²) in [6, 6.07) is 16.4. The SMILES string of the molecule is CO[C@@H]1CC[C@H](N2CC[C@H](NC(=O)c3cccc(-c4ccccc4)c3)C2=O)[C@H](CS(C)(=O)=O)C1. The molecule has 34 heavy (non-hydrogen) atoms. The summed E-state index contributed by atoms with van der Waals surface area (Å²) in [6.45, 7) is 0.510. The van der Waals surface area contributed by atoms with Gasteiger partial charge in [-0.05, 0) is 54.9 Å². The van der Waals surface area contributed by atoms with Gasteiger partial charge in [0.15, 0.2) is 0 Å². The summed E-state index contributed by atoms with van der Waals surface area (Å²) in [5, 5.41) is 2.90. The second-order valence-electron chi connectivity index (χ2n) is 9.38. The normalized spacial score (nSPS) is 25.4. The van der Waals surface area contributed by atoms with Crippen molar-refractivity contribution < 1.29 is 22.7 Å². The topological polar surface area (TPSA) is 92.8 Å². The highest BCUT2D eigenvalue weighted by Crippen LogP contribution is 2.33. The van der Waals surface area contributed by atoms with E-state index in [4.69, 9.17) is 4.74 Å². The maximum absolute atomic E-state index is 13.3. The first-order chi connectivity index (χ1) is 16.2. The van der Waals surface area contributed by atoms with Gasteiger partial charge in [-0.1, -0.05) is 42.5 Å². The van der Waals surface area contributed by atoms with Crippen LogP contribution in [0.25, 0.3) is 11.1 Å². The molecule has 2 aromatic carbocycles. The van der Waals surface area contributed by atoms with Crippen molar-refractivity contribution in [3.05, 3.63) is 60.2 Å². The predicted octanol–water partition coefficient (Wildman–Crippen LogP) is 2.91. The quantitative estimate of drug-likeness (QED) is 0.652. The summed E-state index contributed by atoms with van der Waals surface area (Å²) in [6.07, 6.45) is 3.85. The summed E-state index contributed by atoms with van der Waals surface area (Å²) < 4.78 is 29.5. The number of hydrogen-bond acceptors (Lipinski definition) is 5. The van der Waals surface area contributed by atoms with Crippen molar-refractivity contribution in [2.75, 3.05) is 25.7 Å². The van der Waals surface area contributed by atoms with Crippen LogP contribution in [0, 0.1) is 5.92 Å². The molecule has 2 amide bonds. The van der Waals surface area contributed by atoms with Crippen molar-refractivity contribution in [3.8, 4) is 11.1 Å². The van der Waals surface area contributed by atoms with Crippen LogP contribution in [0.5, 0.6) is 0 Å². The van der Waals surface area contributed by atoms with Crippen LogP contribution in [0.15, 0.2) is 54.6 Å². The van der Waals surface area contributed by atoms with Crippen LogP contribution in [-0.2, 0) is 19.4 Å². The Morgan fingerprint density at radius 3 is 2.50 bits per heavy atom. The summed E-state index contributed by atoms with van der Waals surface area (Å²) in [5.41, 5.74) is 2.46. The minimum atomic E-state index is -3.19. The fourth-order valence-electron chi connectivity index (χ4n) is 5.27. The Bertz CT molecular complexity index is 1130. The minimum Gasteiger partial charge on any atom is -0.381 e. The molecular weight excluding hydrogens is 452 g/mol. The van der Waals surface area contributed by atoms with E-state index in [-0.39, 0.29) is 35.6 Å². The Morgan fingerprint density at radius 2 is 1.79 bits per heavy atom. The predicted molar refractivity (Wildman–Crippen MR) is 131 cm³/mol. The van der Waals surface area contributed by atoms with Gasteiger partial charge in [0.05, 0.1) is 11.9 Å². The van der Waals surface area contributed by atoms with Gasteiger partial charge in [0, 0.05) is 31.5 Å². The number of rotatable bonds is 7. The first-order valence-electron chi connectivity index (χ1n) is 11.7. The largest absolute Gasteiger partial charge is 0.381 e. The lowest BCUT2D eigenvalue weighted by Gasteiger charge is -2.40. The molecule has 7 nitrogen and oxygen atoms in total. The molecule has 1 aliphatic heterocycles. The average Bonchev–Trinajstić information content (AvgIpc) is 3.18. The first-order valence-corrected chi connectivity index (χ1v) is 13.8. The summed E-state index contributed by atoms with van der Waals surface area (Å²) in [7, 11) is -1.55. The Kier molecular flexibility index (Phi) is 7.38. The van der Waals surface area contributed by atoms with Gasteiger partial charge in [-0.2, -0.15) is 0 Å². The van der Waals surface area contributed by atoms with Crippen molar-refractivity contribution in [1.82, 2.24) is 10.2 Å². The molecule has 1 aliphatic carbocycles. The van der Waals surface area contributed by atoms with Gasteiger partial charge in [0.2, 0.25) is 5.91 Å². The van der Waals surface area contributed by atoms with E-state index < -0.39 is 15.9 Å². The number of nitrogens with one attached hydrogen (secondary N) is 1. The van der Waals surface area contributed by atoms with Gasteiger partial charge in [0.25, 0.3) is 5.91 Å². The zero-order valence-corrected chi connectivity index (χ0v) is 20.5. The van der Waals surface area contributed by atoms with Crippen molar-refractivity contribution >= 4 is 21.7 Å². The maximum Gasteiger partial charge on any atom is 0.251 e. The van der Waals surface area contributed by atoms with Gasteiger partial charge >= 0.3 is 0 Å². The van der Waals surface area contributed by atoms with E-state index in [1.165, 1.54) is 6.26 Å². The monoisotopic (exact) mass is 484 g/mol. The number of ether oxygens (including phenoxy) is 1. The Hall–Kier alpha value is -2.71. The third-order valence-electron chi connectivity index (χ3n) is 6.92. The molecular formula is C26H32N2O5S. The third-order valence-corrected chi connectivity index (χ3v) is 7.96. The van der Waals surface area contributed by atoms with E-state index in [0.29, 0.717) is 31.4 Å². The highest BCUT2D eigenvalue weighted by Gasteiger charge is 2.43. The molecule has 182 valence electrons. The second-order valence-corrected chi connectivity index (χ2v) is 11.6. The van der Waals surface area contributed by atoms with Crippen LogP contribution in [-0.4, -0.2) is 69.0 Å². The molecule has 4 rings (SSSR count). The molecule has 8 heteroatoms. The highest BCUT2D eigenvalue weighted by molar-refractivity contribution is 7.90. The fourth-order valence-corrected chi connectivity index (χ4v) is 6.41. The van der Waals surface area contributed by atoms with E-state index in [9.17, 15) is 18.0 Å². The van der Waals surface area contributed by atoms with Gasteiger partial charge in [-0.15, -0.1) is 0 Å². The lowest BCUT2D eigenvalue weighted by Crippen LogP contribution is -2.50. The number of hydrogen-bond donors (Lipinski definition) is 1. The molecule has 4 atom stereocenters. The van der Waals surface area contributed by atoms with Crippen LogP contribution in [0.1, 0.15) is 36.0 Å². The van der Waals surface area contributed by atoms with E-state index >= 15 is 0 Å². The molecule has 0 unspecified atom stereocenters. The first kappa shape index (κ1) is 24.4. The van der Waals surface area contributed by atoms with E-state index in [0.717, 1.165) is 17.5 Å². The van der Waals surface area contributed by atoms with Crippen molar-refractivity contribution in [3.63, 3.8) is 0 Å². The highest BCUT2D eigenvalue weighted by atomic mass is 32.2. The van der Waals surface area contributed by atoms with Gasteiger partial charge in [-0.25, -0.2) is 8.42 Å². The molecule has 0 spiro atoms. The number of carbonyl (C=O) groups excluding carboxylic acids is 2. The summed E-state index contributed by atoms with van der Waals surface area (Å²) in [5.74, 6) is -0.555. The Balaban J connectivity index is 1.44. The number of carbonyl (C=O) groups is 2. The van der Waals surface area contributed by atoms with Crippen LogP contribution in [0.4, 0.5) is 0 Å². The molecule has 0 aromatic heterocycles. The average molecular weight is 485 g/mol. The molecule has 0 bridgehead atoms.